The van der Waals surface area contributed by atoms with E-state index in [4.69, 9.17) is 16.6 Å². The van der Waals surface area contributed by atoms with Crippen molar-refractivity contribution in [3.63, 3.8) is 0 Å². The van der Waals surface area contributed by atoms with Gasteiger partial charge in [0.25, 0.3) is 0 Å². The normalized spacial score (nSPS) is 14.2. The topological polar surface area (TPSA) is 214 Å². The van der Waals surface area contributed by atoms with Gasteiger partial charge in [0, 0.05) is 12.8 Å². The van der Waals surface area contributed by atoms with Crippen molar-refractivity contribution in [2.75, 3.05) is 6.54 Å². The van der Waals surface area contributed by atoms with Crippen LogP contribution in [0.5, 0.6) is 0 Å². The SMILES string of the molecule is CC(C)C(N)C(=O)NC(CCCCN)C(=O)NC(Cc1ccccc1)C(=O)NC(CCC(=O)O)C(=O)O. The van der Waals surface area contributed by atoms with Gasteiger partial charge in [0.1, 0.15) is 18.1 Å². The van der Waals surface area contributed by atoms with E-state index < -0.39 is 60.2 Å². The highest BCUT2D eigenvalue weighted by atomic mass is 16.4. The molecule has 0 aliphatic heterocycles. The van der Waals surface area contributed by atoms with Crippen molar-refractivity contribution in [1.82, 2.24) is 16.0 Å². The molecule has 0 heterocycles. The standard InChI is InChI=1S/C25H39N5O7/c1-15(2)21(27)24(35)28-17(10-6-7-13-26)22(33)30-19(14-16-8-4-3-5-9-16)23(34)29-18(25(36)37)11-12-20(31)32/h3-5,8-9,15,17-19,21H,6-7,10-14,26-27H2,1-2H3,(H,28,35)(H,29,34)(H,30,33)(H,31,32)(H,36,37). The van der Waals surface area contributed by atoms with E-state index in [1.807, 2.05) is 0 Å². The quantitative estimate of drug-likeness (QED) is 0.134. The molecule has 0 bridgehead atoms. The number of amides is 3. The highest BCUT2D eigenvalue weighted by molar-refractivity contribution is 5.94. The van der Waals surface area contributed by atoms with E-state index in [1.54, 1.807) is 44.2 Å². The van der Waals surface area contributed by atoms with Gasteiger partial charge in [0.2, 0.25) is 17.7 Å². The molecule has 206 valence electrons. The third-order valence-electron chi connectivity index (χ3n) is 5.78. The zero-order valence-electron chi connectivity index (χ0n) is 21.3. The van der Waals surface area contributed by atoms with E-state index in [0.717, 1.165) is 0 Å². The molecule has 0 saturated carbocycles. The molecule has 9 N–H and O–H groups in total. The summed E-state index contributed by atoms with van der Waals surface area (Å²) < 4.78 is 0. The lowest BCUT2D eigenvalue weighted by atomic mass is 10.0. The van der Waals surface area contributed by atoms with Crippen molar-refractivity contribution < 1.29 is 34.2 Å². The van der Waals surface area contributed by atoms with Gasteiger partial charge in [-0.15, -0.1) is 0 Å². The molecule has 0 radical (unpaired) electrons. The molecular weight excluding hydrogens is 482 g/mol. The molecule has 0 aliphatic carbocycles. The Balaban J connectivity index is 3.12. The van der Waals surface area contributed by atoms with Gasteiger partial charge in [-0.05, 0) is 43.7 Å². The van der Waals surface area contributed by atoms with Crippen LogP contribution >= 0.6 is 0 Å². The molecule has 0 saturated heterocycles. The second-order valence-corrected chi connectivity index (χ2v) is 9.20. The molecule has 4 unspecified atom stereocenters. The Kier molecular flexibility index (Phi) is 13.9. The summed E-state index contributed by atoms with van der Waals surface area (Å²) >= 11 is 0. The van der Waals surface area contributed by atoms with Crippen LogP contribution in [0.1, 0.15) is 51.5 Å². The number of carboxylic acid groups (broad SMARTS) is 2. The van der Waals surface area contributed by atoms with Crippen molar-refractivity contribution in [3.05, 3.63) is 35.9 Å². The maximum Gasteiger partial charge on any atom is 0.326 e. The number of benzene rings is 1. The largest absolute Gasteiger partial charge is 0.481 e. The van der Waals surface area contributed by atoms with E-state index in [2.05, 4.69) is 16.0 Å². The maximum atomic E-state index is 13.2. The molecule has 4 atom stereocenters. The lowest BCUT2D eigenvalue weighted by Crippen LogP contribution is -2.58. The van der Waals surface area contributed by atoms with Crippen LogP contribution < -0.4 is 27.4 Å². The fourth-order valence-corrected chi connectivity index (χ4v) is 3.46. The van der Waals surface area contributed by atoms with E-state index in [9.17, 15) is 29.1 Å². The second kappa shape index (κ2) is 16.3. The number of rotatable bonds is 17. The lowest BCUT2D eigenvalue weighted by molar-refractivity contribution is -0.143. The summed E-state index contributed by atoms with van der Waals surface area (Å²) in [6.45, 7) is 3.95. The van der Waals surface area contributed by atoms with Crippen LogP contribution in [-0.2, 0) is 30.4 Å². The van der Waals surface area contributed by atoms with Crippen LogP contribution in [0, 0.1) is 5.92 Å². The Morgan fingerprint density at radius 3 is 1.92 bits per heavy atom. The van der Waals surface area contributed by atoms with E-state index in [0.29, 0.717) is 24.9 Å². The van der Waals surface area contributed by atoms with Crippen LogP contribution in [-0.4, -0.2) is 70.6 Å². The first-order valence-electron chi connectivity index (χ1n) is 12.3. The van der Waals surface area contributed by atoms with E-state index in [-0.39, 0.29) is 25.2 Å². The molecular formula is C25H39N5O7. The Hall–Kier alpha value is -3.51. The number of hydrogen-bond acceptors (Lipinski definition) is 7. The first kappa shape index (κ1) is 31.5. The van der Waals surface area contributed by atoms with Gasteiger partial charge in [0.15, 0.2) is 0 Å². The van der Waals surface area contributed by atoms with Crippen LogP contribution in [0.15, 0.2) is 30.3 Å². The van der Waals surface area contributed by atoms with Crippen molar-refractivity contribution in [2.45, 2.75) is 76.5 Å². The number of unbranched alkanes of at least 4 members (excludes halogenated alkanes) is 1. The molecule has 0 spiro atoms. The second-order valence-electron chi connectivity index (χ2n) is 9.20. The predicted octanol–water partition coefficient (Wildman–Crippen LogP) is -0.255. The summed E-state index contributed by atoms with van der Waals surface area (Å²) in [7, 11) is 0. The monoisotopic (exact) mass is 521 g/mol. The molecule has 3 amide bonds. The van der Waals surface area contributed by atoms with Crippen molar-refractivity contribution in [1.29, 1.82) is 0 Å². The Morgan fingerprint density at radius 1 is 0.811 bits per heavy atom. The molecule has 0 aromatic heterocycles. The van der Waals surface area contributed by atoms with Gasteiger partial charge in [-0.1, -0.05) is 44.2 Å². The summed E-state index contributed by atoms with van der Waals surface area (Å²) in [5, 5.41) is 25.9. The third-order valence-corrected chi connectivity index (χ3v) is 5.78. The maximum absolute atomic E-state index is 13.2. The summed E-state index contributed by atoms with van der Waals surface area (Å²) in [6.07, 6.45) is 0.672. The number of carbonyl (C=O) groups is 5. The molecule has 1 rings (SSSR count). The first-order chi connectivity index (χ1) is 17.5. The minimum absolute atomic E-state index is 0.0403. The fourth-order valence-electron chi connectivity index (χ4n) is 3.46. The smallest absolute Gasteiger partial charge is 0.326 e. The molecule has 1 aromatic rings. The number of carboxylic acids is 2. The molecule has 0 aliphatic rings. The Morgan fingerprint density at radius 2 is 1.38 bits per heavy atom. The summed E-state index contributed by atoms with van der Waals surface area (Å²) in [5.41, 5.74) is 12.2. The van der Waals surface area contributed by atoms with Gasteiger partial charge < -0.3 is 37.6 Å². The highest BCUT2D eigenvalue weighted by Crippen LogP contribution is 2.09. The average Bonchev–Trinajstić information content (AvgIpc) is 2.85. The van der Waals surface area contributed by atoms with Crippen molar-refractivity contribution >= 4 is 29.7 Å². The van der Waals surface area contributed by atoms with Gasteiger partial charge in [-0.3, -0.25) is 19.2 Å². The number of carbonyl (C=O) groups excluding carboxylic acids is 3. The van der Waals surface area contributed by atoms with Gasteiger partial charge in [0.05, 0.1) is 6.04 Å². The molecule has 12 heteroatoms. The summed E-state index contributed by atoms with van der Waals surface area (Å²) in [4.78, 5) is 61.3. The average molecular weight is 522 g/mol. The first-order valence-corrected chi connectivity index (χ1v) is 12.3. The number of nitrogens with two attached hydrogens (primary N) is 2. The predicted molar refractivity (Wildman–Crippen MR) is 136 cm³/mol. The van der Waals surface area contributed by atoms with E-state index >= 15 is 0 Å². The van der Waals surface area contributed by atoms with Gasteiger partial charge >= 0.3 is 11.9 Å². The lowest BCUT2D eigenvalue weighted by Gasteiger charge is -2.26. The minimum atomic E-state index is -1.46. The number of nitrogens with one attached hydrogen (secondary N) is 3. The van der Waals surface area contributed by atoms with Crippen LogP contribution in [0.25, 0.3) is 0 Å². The fraction of sp³-hybridized carbons (Fsp3) is 0.560. The minimum Gasteiger partial charge on any atom is -0.481 e. The zero-order valence-corrected chi connectivity index (χ0v) is 21.3. The van der Waals surface area contributed by atoms with Gasteiger partial charge in [-0.2, -0.15) is 0 Å². The van der Waals surface area contributed by atoms with Crippen molar-refractivity contribution in [3.8, 4) is 0 Å². The number of aliphatic carboxylic acids is 2. The van der Waals surface area contributed by atoms with Crippen LogP contribution in [0.2, 0.25) is 0 Å². The molecule has 37 heavy (non-hydrogen) atoms. The molecule has 1 aromatic carbocycles. The van der Waals surface area contributed by atoms with Crippen LogP contribution in [0.4, 0.5) is 0 Å². The molecule has 12 nitrogen and oxygen atoms in total. The summed E-state index contributed by atoms with van der Waals surface area (Å²) in [6, 6.07) is 4.31. The Bertz CT molecular complexity index is 910. The highest BCUT2D eigenvalue weighted by Gasteiger charge is 2.31. The zero-order chi connectivity index (χ0) is 28.0. The molecule has 0 fully saturated rings. The van der Waals surface area contributed by atoms with Gasteiger partial charge in [-0.25, -0.2) is 4.79 Å². The third kappa shape index (κ3) is 11.8. The van der Waals surface area contributed by atoms with Crippen molar-refractivity contribution in [2.24, 2.45) is 17.4 Å². The Labute approximate surface area is 216 Å². The number of hydrogen-bond donors (Lipinski definition) is 7. The van der Waals surface area contributed by atoms with Crippen LogP contribution in [0.3, 0.4) is 0 Å². The summed E-state index contributed by atoms with van der Waals surface area (Å²) in [5.74, 6) is -4.69. The van der Waals surface area contributed by atoms with E-state index in [1.165, 1.54) is 0 Å².